The van der Waals surface area contributed by atoms with Gasteiger partial charge in [0.2, 0.25) is 5.91 Å². The molecule has 190 valence electrons. The summed E-state index contributed by atoms with van der Waals surface area (Å²) in [5.74, 6) is -0.368. The second-order valence-electron chi connectivity index (χ2n) is 9.86. The van der Waals surface area contributed by atoms with Crippen LogP contribution in [-0.4, -0.2) is 82.6 Å². The van der Waals surface area contributed by atoms with Crippen molar-refractivity contribution >= 4 is 24.5 Å². The van der Waals surface area contributed by atoms with Crippen LogP contribution in [0.4, 0.5) is 0 Å². The molecule has 1 amide bonds. The molecule has 0 aromatic heterocycles. The fraction of sp³-hybridized carbons (Fsp3) is 0.913. The van der Waals surface area contributed by atoms with Crippen LogP contribution >= 0.6 is 12.6 Å². The third kappa shape index (κ3) is 11.8. The van der Waals surface area contributed by atoms with Gasteiger partial charge in [0.15, 0.2) is 0 Å². The zero-order valence-electron chi connectivity index (χ0n) is 21.1. The maximum absolute atomic E-state index is 13.2. The summed E-state index contributed by atoms with van der Waals surface area (Å²) in [5, 5.41) is 25.8. The topological polar surface area (TPSA) is 128 Å². The van der Waals surface area contributed by atoms with Gasteiger partial charge in [0.05, 0.1) is 11.6 Å². The lowest BCUT2D eigenvalue weighted by Gasteiger charge is -2.36. The van der Waals surface area contributed by atoms with Crippen LogP contribution in [0.1, 0.15) is 67.2 Å². The Morgan fingerprint density at radius 3 is 2.16 bits per heavy atom. The molecule has 2 unspecified atom stereocenters. The predicted octanol–water partition coefficient (Wildman–Crippen LogP) is 1.71. The number of nitrogens with two attached hydrogens (primary N) is 1. The van der Waals surface area contributed by atoms with Crippen molar-refractivity contribution in [2.24, 2.45) is 17.6 Å². The third-order valence-electron chi connectivity index (χ3n) is 6.28. The standard InChI is InChI=1S/C23H48N4O4S/c1-8-15(3)19(25-12-17(24)14-32)13-27(7)20(16(4)9-2)21(28)26-18(22(29)30)10-11-23(5,6)31/h15-20,25,31-32H,8-14,24H2,1-7H3,(H,26,28)(H,29,30)/t15?,16-,17+,18-,19?,20-/m0/s1. The second-order valence-corrected chi connectivity index (χ2v) is 10.2. The van der Waals surface area contributed by atoms with Crippen LogP contribution in [0.25, 0.3) is 0 Å². The number of amides is 1. The van der Waals surface area contributed by atoms with Crippen molar-refractivity contribution in [3.8, 4) is 0 Å². The highest BCUT2D eigenvalue weighted by atomic mass is 32.1. The molecule has 0 rings (SSSR count). The van der Waals surface area contributed by atoms with Crippen LogP contribution in [-0.2, 0) is 9.59 Å². The van der Waals surface area contributed by atoms with Crippen molar-refractivity contribution in [3.05, 3.63) is 0 Å². The molecule has 0 aromatic rings. The molecule has 0 fully saturated rings. The smallest absolute Gasteiger partial charge is 0.326 e. The van der Waals surface area contributed by atoms with E-state index in [9.17, 15) is 19.8 Å². The zero-order valence-corrected chi connectivity index (χ0v) is 22.0. The van der Waals surface area contributed by atoms with Gasteiger partial charge < -0.3 is 26.6 Å². The first kappa shape index (κ1) is 31.1. The summed E-state index contributed by atoms with van der Waals surface area (Å²) in [5.41, 5.74) is 5.03. The minimum absolute atomic E-state index is 0.0426. The van der Waals surface area contributed by atoms with Crippen LogP contribution in [0.15, 0.2) is 0 Å². The van der Waals surface area contributed by atoms with Crippen molar-refractivity contribution in [1.29, 1.82) is 0 Å². The summed E-state index contributed by atoms with van der Waals surface area (Å²) in [4.78, 5) is 27.0. The van der Waals surface area contributed by atoms with Gasteiger partial charge in [-0.1, -0.05) is 40.5 Å². The summed E-state index contributed by atoms with van der Waals surface area (Å²) in [6, 6.07) is -1.40. The highest BCUT2D eigenvalue weighted by Crippen LogP contribution is 2.18. The maximum Gasteiger partial charge on any atom is 0.326 e. The molecule has 0 aliphatic heterocycles. The Kier molecular flexibility index (Phi) is 14.7. The molecule has 8 nitrogen and oxygen atoms in total. The van der Waals surface area contributed by atoms with E-state index in [1.54, 1.807) is 13.8 Å². The van der Waals surface area contributed by atoms with E-state index in [0.717, 1.165) is 12.8 Å². The minimum atomic E-state index is -1.09. The van der Waals surface area contributed by atoms with Gasteiger partial charge in [0, 0.05) is 30.9 Å². The van der Waals surface area contributed by atoms with E-state index >= 15 is 0 Å². The van der Waals surface area contributed by atoms with E-state index in [2.05, 4.69) is 37.1 Å². The third-order valence-corrected chi connectivity index (χ3v) is 6.75. The van der Waals surface area contributed by atoms with Gasteiger partial charge >= 0.3 is 5.97 Å². The average molecular weight is 477 g/mol. The van der Waals surface area contributed by atoms with Gasteiger partial charge in [0.25, 0.3) is 0 Å². The number of likely N-dealkylation sites (N-methyl/N-ethyl adjacent to an activating group) is 1. The van der Waals surface area contributed by atoms with Crippen LogP contribution in [0.5, 0.6) is 0 Å². The zero-order chi connectivity index (χ0) is 25.1. The lowest BCUT2D eigenvalue weighted by Crippen LogP contribution is -2.56. The Balaban J connectivity index is 5.44. The number of rotatable bonds is 17. The number of thiol groups is 1. The first-order valence-electron chi connectivity index (χ1n) is 11.8. The van der Waals surface area contributed by atoms with E-state index in [0.29, 0.717) is 24.8 Å². The number of aliphatic carboxylic acids is 1. The van der Waals surface area contributed by atoms with Crippen molar-refractivity contribution in [3.63, 3.8) is 0 Å². The van der Waals surface area contributed by atoms with E-state index < -0.39 is 23.7 Å². The fourth-order valence-corrected chi connectivity index (χ4v) is 3.78. The molecule has 6 atom stereocenters. The molecule has 0 bridgehead atoms. The molecule has 0 saturated carbocycles. The van der Waals surface area contributed by atoms with Gasteiger partial charge in [-0.15, -0.1) is 0 Å². The Bertz CT molecular complexity index is 559. The summed E-state index contributed by atoms with van der Waals surface area (Å²) in [6.45, 7) is 12.9. The van der Waals surface area contributed by atoms with Gasteiger partial charge in [0.1, 0.15) is 6.04 Å². The highest BCUT2D eigenvalue weighted by molar-refractivity contribution is 7.80. The lowest BCUT2D eigenvalue weighted by molar-refractivity contribution is -0.143. The number of aliphatic hydroxyl groups is 1. The average Bonchev–Trinajstić information content (AvgIpc) is 2.71. The lowest BCUT2D eigenvalue weighted by atomic mass is 9.93. The fourth-order valence-electron chi connectivity index (χ4n) is 3.65. The largest absolute Gasteiger partial charge is 0.480 e. The van der Waals surface area contributed by atoms with Crippen molar-refractivity contribution in [2.75, 3.05) is 25.9 Å². The SMILES string of the molecule is CCC(C)C(CN(C)[C@H](C(=O)N[C@@H](CCC(C)(C)O)C(=O)O)[C@@H](C)CC)NC[C@@H](N)CS. The number of carboxylic acids is 1. The Labute approximate surface area is 200 Å². The number of carbonyl (C=O) groups excluding carboxylic acids is 1. The van der Waals surface area contributed by atoms with Gasteiger partial charge in [-0.05, 0) is 45.6 Å². The monoisotopic (exact) mass is 476 g/mol. The van der Waals surface area contributed by atoms with E-state index in [-0.39, 0.29) is 36.8 Å². The molecular formula is C23H48N4O4S. The van der Waals surface area contributed by atoms with Gasteiger partial charge in [-0.25, -0.2) is 4.79 Å². The number of nitrogens with one attached hydrogen (secondary N) is 2. The number of hydrogen-bond acceptors (Lipinski definition) is 7. The Morgan fingerprint density at radius 1 is 1.16 bits per heavy atom. The Hall–Kier alpha value is -0.870. The quantitative estimate of drug-likeness (QED) is 0.176. The summed E-state index contributed by atoms with van der Waals surface area (Å²) >= 11 is 4.25. The molecule has 0 radical (unpaired) electrons. The van der Waals surface area contributed by atoms with E-state index in [1.165, 1.54) is 0 Å². The van der Waals surface area contributed by atoms with Crippen molar-refractivity contribution in [2.45, 2.75) is 97.0 Å². The number of carbonyl (C=O) groups is 2. The molecule has 0 aliphatic rings. The molecule has 0 aromatic carbocycles. The Morgan fingerprint density at radius 2 is 1.72 bits per heavy atom. The van der Waals surface area contributed by atoms with Gasteiger partial charge in [-0.3, -0.25) is 9.69 Å². The molecule has 0 heterocycles. The molecule has 0 aliphatic carbocycles. The van der Waals surface area contributed by atoms with Crippen LogP contribution in [0.2, 0.25) is 0 Å². The first-order valence-corrected chi connectivity index (χ1v) is 12.5. The molecule has 9 heteroatoms. The minimum Gasteiger partial charge on any atom is -0.480 e. The second kappa shape index (κ2) is 15.1. The van der Waals surface area contributed by atoms with Crippen molar-refractivity contribution < 1.29 is 19.8 Å². The molecular weight excluding hydrogens is 428 g/mol. The summed E-state index contributed by atoms with van der Waals surface area (Å²) in [6.07, 6.45) is 2.22. The van der Waals surface area contributed by atoms with Crippen LogP contribution in [0, 0.1) is 11.8 Å². The van der Waals surface area contributed by atoms with E-state index in [1.807, 2.05) is 25.8 Å². The first-order chi connectivity index (χ1) is 14.8. The van der Waals surface area contributed by atoms with Crippen LogP contribution < -0.4 is 16.4 Å². The highest BCUT2D eigenvalue weighted by Gasteiger charge is 2.33. The molecule has 0 spiro atoms. The van der Waals surface area contributed by atoms with Gasteiger partial charge in [-0.2, -0.15) is 12.6 Å². The predicted molar refractivity (Wildman–Crippen MR) is 134 cm³/mol. The summed E-state index contributed by atoms with van der Waals surface area (Å²) in [7, 11) is 1.92. The maximum atomic E-state index is 13.2. The van der Waals surface area contributed by atoms with Crippen molar-refractivity contribution in [1.82, 2.24) is 15.5 Å². The van der Waals surface area contributed by atoms with Crippen LogP contribution in [0.3, 0.4) is 0 Å². The van der Waals surface area contributed by atoms with E-state index in [4.69, 9.17) is 5.73 Å². The summed E-state index contributed by atoms with van der Waals surface area (Å²) < 4.78 is 0. The number of carboxylic acid groups (broad SMARTS) is 1. The number of nitrogens with zero attached hydrogens (tertiary/aromatic N) is 1. The molecule has 32 heavy (non-hydrogen) atoms. The molecule has 6 N–H and O–H groups in total. The normalized spacial score (nSPS) is 18.0. The molecule has 0 saturated heterocycles. The number of hydrogen-bond donors (Lipinski definition) is 6.